The van der Waals surface area contributed by atoms with Gasteiger partial charge in [-0.2, -0.15) is 0 Å². The number of aryl methyl sites for hydroxylation is 1. The van der Waals surface area contributed by atoms with E-state index >= 15 is 0 Å². The molecule has 2 aromatic heterocycles. The lowest BCUT2D eigenvalue weighted by Crippen LogP contribution is -2.13. The summed E-state index contributed by atoms with van der Waals surface area (Å²) < 4.78 is 14.0. The third-order valence-corrected chi connectivity index (χ3v) is 5.79. The van der Waals surface area contributed by atoms with Crippen molar-refractivity contribution in [1.82, 2.24) is 14.9 Å². The fourth-order valence-corrected chi connectivity index (χ4v) is 4.08. The Hall–Kier alpha value is -3.35. The van der Waals surface area contributed by atoms with E-state index in [2.05, 4.69) is 34.3 Å². The molecule has 0 aliphatic rings. The van der Waals surface area contributed by atoms with E-state index in [1.807, 2.05) is 30.3 Å². The summed E-state index contributed by atoms with van der Waals surface area (Å²) in [5.74, 6) is -0.516. The topological polar surface area (TPSA) is 58.1 Å². The summed E-state index contributed by atoms with van der Waals surface area (Å²) in [7, 11) is 4.11. The maximum atomic E-state index is 14.0. The van der Waals surface area contributed by atoms with E-state index in [0.717, 1.165) is 41.7 Å². The molecular weight excluding hydrogens is 451 g/mol. The number of anilines is 2. The molecule has 0 radical (unpaired) electrons. The quantitative estimate of drug-likeness (QED) is 0.293. The Kier molecular flexibility index (Phi) is 7.20. The molecule has 174 valence electrons. The van der Waals surface area contributed by atoms with Crippen molar-refractivity contribution in [2.45, 2.75) is 19.8 Å². The number of benzene rings is 2. The third-order valence-electron chi connectivity index (χ3n) is 5.58. The SMILES string of the molecule is CC(=O)c1cnc2ccc(-c3cc(F)cc(Cl)c3)cc2c1Nc1ccc(CCCN(C)C)nc1. The molecule has 0 amide bonds. The number of pyridine rings is 2. The summed E-state index contributed by atoms with van der Waals surface area (Å²) in [6, 6.07) is 14.0. The highest BCUT2D eigenvalue weighted by molar-refractivity contribution is 6.30. The Morgan fingerprint density at radius 3 is 2.53 bits per heavy atom. The van der Waals surface area contributed by atoms with Crippen LogP contribution in [0.25, 0.3) is 22.0 Å². The van der Waals surface area contributed by atoms with Gasteiger partial charge in [0, 0.05) is 22.3 Å². The first-order chi connectivity index (χ1) is 16.3. The molecule has 4 rings (SSSR count). The predicted octanol–water partition coefficient (Wildman–Crippen LogP) is 6.53. The minimum absolute atomic E-state index is 0.107. The number of carbonyl (C=O) groups is 1. The van der Waals surface area contributed by atoms with Gasteiger partial charge in [0.05, 0.1) is 28.7 Å². The van der Waals surface area contributed by atoms with E-state index in [-0.39, 0.29) is 5.78 Å². The van der Waals surface area contributed by atoms with Crippen LogP contribution < -0.4 is 5.32 Å². The molecule has 0 spiro atoms. The van der Waals surface area contributed by atoms with Crippen molar-refractivity contribution in [2.75, 3.05) is 26.0 Å². The number of nitrogens with zero attached hydrogens (tertiary/aromatic N) is 3. The zero-order valence-electron chi connectivity index (χ0n) is 19.4. The Morgan fingerprint density at radius 1 is 1.03 bits per heavy atom. The molecule has 0 bridgehead atoms. The highest BCUT2D eigenvalue weighted by Gasteiger charge is 2.15. The molecule has 0 unspecified atom stereocenters. The number of hydrogen-bond donors (Lipinski definition) is 1. The number of halogens is 2. The molecule has 7 heteroatoms. The van der Waals surface area contributed by atoms with Gasteiger partial charge in [0.15, 0.2) is 5.78 Å². The fourth-order valence-electron chi connectivity index (χ4n) is 3.86. The number of fused-ring (bicyclic) bond motifs is 1. The Bertz CT molecular complexity index is 1320. The zero-order chi connectivity index (χ0) is 24.2. The minimum Gasteiger partial charge on any atom is -0.353 e. The molecule has 0 atom stereocenters. The van der Waals surface area contributed by atoms with Gasteiger partial charge in [0.2, 0.25) is 0 Å². The van der Waals surface area contributed by atoms with E-state index in [0.29, 0.717) is 27.4 Å². The van der Waals surface area contributed by atoms with Gasteiger partial charge in [-0.05, 0) is 94.0 Å². The number of rotatable bonds is 8. The molecule has 2 heterocycles. The minimum atomic E-state index is -0.409. The van der Waals surface area contributed by atoms with Crippen LogP contribution in [0, 0.1) is 5.82 Å². The molecule has 0 aliphatic carbocycles. The molecule has 1 N–H and O–H groups in total. The van der Waals surface area contributed by atoms with Gasteiger partial charge >= 0.3 is 0 Å². The maximum Gasteiger partial charge on any atom is 0.163 e. The normalized spacial score (nSPS) is 11.2. The highest BCUT2D eigenvalue weighted by Crippen LogP contribution is 2.33. The second-order valence-corrected chi connectivity index (χ2v) is 9.00. The second kappa shape index (κ2) is 10.3. The van der Waals surface area contributed by atoms with Crippen LogP contribution in [0.15, 0.2) is 60.9 Å². The molecule has 5 nitrogen and oxygen atoms in total. The first-order valence-electron chi connectivity index (χ1n) is 11.1. The van der Waals surface area contributed by atoms with Crippen LogP contribution >= 0.6 is 11.6 Å². The van der Waals surface area contributed by atoms with Crippen LogP contribution in [-0.2, 0) is 6.42 Å². The number of ketones is 1. The molecule has 0 saturated heterocycles. The van der Waals surface area contributed by atoms with Crippen LogP contribution in [0.4, 0.5) is 15.8 Å². The lowest BCUT2D eigenvalue weighted by Gasteiger charge is -2.15. The monoisotopic (exact) mass is 476 g/mol. The smallest absolute Gasteiger partial charge is 0.163 e. The summed E-state index contributed by atoms with van der Waals surface area (Å²) in [4.78, 5) is 23.6. The van der Waals surface area contributed by atoms with E-state index in [1.165, 1.54) is 19.1 Å². The van der Waals surface area contributed by atoms with Gasteiger partial charge in [0.1, 0.15) is 5.82 Å². The summed E-state index contributed by atoms with van der Waals surface area (Å²) in [6.07, 6.45) is 5.28. The van der Waals surface area contributed by atoms with Crippen molar-refractivity contribution < 1.29 is 9.18 Å². The van der Waals surface area contributed by atoms with E-state index < -0.39 is 5.82 Å². The van der Waals surface area contributed by atoms with Gasteiger partial charge < -0.3 is 10.2 Å². The average molecular weight is 477 g/mol. The van der Waals surface area contributed by atoms with Gasteiger partial charge in [-0.3, -0.25) is 14.8 Å². The second-order valence-electron chi connectivity index (χ2n) is 8.56. The molecule has 4 aromatic rings. The number of hydrogen-bond acceptors (Lipinski definition) is 5. The maximum absolute atomic E-state index is 14.0. The summed E-state index contributed by atoms with van der Waals surface area (Å²) in [5.41, 5.74) is 5.03. The standard InChI is InChI=1S/C27H26ClFN4O/c1-17(34)25-16-31-26-9-6-18(19-11-20(28)14-21(29)12-19)13-24(26)27(25)32-23-8-7-22(30-15-23)5-4-10-33(2)3/h6-9,11-16H,4-5,10H2,1-3H3,(H,31,32). The highest BCUT2D eigenvalue weighted by atomic mass is 35.5. The van der Waals surface area contributed by atoms with Crippen molar-refractivity contribution in [3.8, 4) is 11.1 Å². The summed E-state index contributed by atoms with van der Waals surface area (Å²) in [6.45, 7) is 2.52. The number of aromatic nitrogens is 2. The van der Waals surface area contributed by atoms with Gasteiger partial charge in [-0.25, -0.2) is 4.39 Å². The summed E-state index contributed by atoms with van der Waals surface area (Å²) in [5, 5.41) is 4.44. The zero-order valence-corrected chi connectivity index (χ0v) is 20.2. The average Bonchev–Trinajstić information content (AvgIpc) is 2.79. The van der Waals surface area contributed by atoms with Crippen LogP contribution in [0.5, 0.6) is 0 Å². The lowest BCUT2D eigenvalue weighted by atomic mass is 10.00. The molecule has 0 fully saturated rings. The van der Waals surface area contributed by atoms with Crippen molar-refractivity contribution >= 4 is 39.7 Å². The first-order valence-corrected chi connectivity index (χ1v) is 11.4. The Morgan fingerprint density at radius 2 is 1.85 bits per heavy atom. The van der Waals surface area contributed by atoms with Gasteiger partial charge in [0.25, 0.3) is 0 Å². The van der Waals surface area contributed by atoms with Crippen LogP contribution in [0.3, 0.4) is 0 Å². The number of nitrogens with one attached hydrogen (secondary N) is 1. The van der Waals surface area contributed by atoms with E-state index in [9.17, 15) is 9.18 Å². The van der Waals surface area contributed by atoms with Crippen LogP contribution in [-0.4, -0.2) is 41.3 Å². The van der Waals surface area contributed by atoms with Crippen LogP contribution in [0.2, 0.25) is 5.02 Å². The van der Waals surface area contributed by atoms with Crippen molar-refractivity contribution in [1.29, 1.82) is 0 Å². The van der Waals surface area contributed by atoms with E-state index in [1.54, 1.807) is 18.5 Å². The van der Waals surface area contributed by atoms with Gasteiger partial charge in [-0.15, -0.1) is 0 Å². The molecule has 0 saturated carbocycles. The van der Waals surface area contributed by atoms with Crippen molar-refractivity contribution in [3.63, 3.8) is 0 Å². The molecular formula is C27H26ClFN4O. The fraction of sp³-hybridized carbons (Fsp3) is 0.222. The molecule has 0 aliphatic heterocycles. The lowest BCUT2D eigenvalue weighted by molar-refractivity contribution is 0.101. The third kappa shape index (κ3) is 5.58. The molecule has 2 aromatic carbocycles. The summed E-state index contributed by atoms with van der Waals surface area (Å²) >= 11 is 6.06. The van der Waals surface area contributed by atoms with Crippen molar-refractivity contribution in [3.05, 3.63) is 83.0 Å². The van der Waals surface area contributed by atoms with Crippen molar-refractivity contribution in [2.24, 2.45) is 0 Å². The Labute approximate surface area is 203 Å². The Balaban J connectivity index is 1.71. The van der Waals surface area contributed by atoms with Crippen LogP contribution in [0.1, 0.15) is 29.4 Å². The predicted molar refractivity (Wildman–Crippen MR) is 137 cm³/mol. The molecule has 34 heavy (non-hydrogen) atoms. The number of Topliss-reactive ketones (excluding diaryl/α,β-unsaturated/α-hetero) is 1. The van der Waals surface area contributed by atoms with E-state index in [4.69, 9.17) is 11.6 Å². The largest absolute Gasteiger partial charge is 0.353 e. The van der Waals surface area contributed by atoms with Gasteiger partial charge in [-0.1, -0.05) is 17.7 Å². The first kappa shape index (κ1) is 23.8. The number of carbonyl (C=O) groups excluding carboxylic acids is 1.